The molecule has 0 fully saturated rings. The van der Waals surface area contributed by atoms with Crippen LogP contribution < -0.4 is 0 Å². The molecule has 0 bridgehead atoms. The molecule has 0 aliphatic heterocycles. The molecule has 0 aromatic carbocycles. The molecule has 0 radical (unpaired) electrons. The number of unbranched alkanes of at least 4 members (excludes halogenated alkanes) is 6. The van der Waals surface area contributed by atoms with E-state index in [2.05, 4.69) is 20.8 Å². The van der Waals surface area contributed by atoms with E-state index in [1.54, 1.807) is 0 Å². The van der Waals surface area contributed by atoms with Crippen LogP contribution in [0.25, 0.3) is 0 Å². The van der Waals surface area contributed by atoms with Crippen molar-refractivity contribution in [1.29, 1.82) is 0 Å². The Balaban J connectivity index is 3.74. The van der Waals surface area contributed by atoms with Crippen molar-refractivity contribution in [3.63, 3.8) is 0 Å². The molecule has 0 heterocycles. The Morgan fingerprint density at radius 1 is 0.950 bits per heavy atom. The van der Waals surface area contributed by atoms with Crippen LogP contribution in [0.2, 0.25) is 0 Å². The molecule has 0 amide bonds. The standard InChI is InChI=1S/C16H35O3P/c1-4-7-9-10-11-12-14-19-20(17,18)15-16(6-3)13-8-5-2/h16H,4-15H2,1-3H3,(H,17,18). The van der Waals surface area contributed by atoms with Crippen LogP contribution in [0.5, 0.6) is 0 Å². The molecule has 0 saturated heterocycles. The lowest BCUT2D eigenvalue weighted by Gasteiger charge is -2.18. The Kier molecular flexibility index (Phi) is 13.0. The fourth-order valence-electron chi connectivity index (χ4n) is 2.39. The van der Waals surface area contributed by atoms with Gasteiger partial charge in [0.15, 0.2) is 0 Å². The molecule has 0 spiro atoms. The molecule has 0 aromatic heterocycles. The minimum absolute atomic E-state index is 0.329. The van der Waals surface area contributed by atoms with Crippen molar-refractivity contribution in [2.75, 3.05) is 12.8 Å². The SMILES string of the molecule is CCCCCCCCOP(=O)(O)CC(CC)CCCC. The van der Waals surface area contributed by atoms with Crippen LogP contribution in [0, 0.1) is 5.92 Å². The summed E-state index contributed by atoms with van der Waals surface area (Å²) in [5.74, 6) is 0.329. The second-order valence-corrected chi connectivity index (χ2v) is 7.74. The van der Waals surface area contributed by atoms with Gasteiger partial charge < -0.3 is 9.42 Å². The van der Waals surface area contributed by atoms with Crippen LogP contribution in [0.3, 0.4) is 0 Å². The normalized spacial score (nSPS) is 16.0. The number of hydrogen-bond acceptors (Lipinski definition) is 2. The van der Waals surface area contributed by atoms with Gasteiger partial charge in [0.05, 0.1) is 12.8 Å². The quantitative estimate of drug-likeness (QED) is 0.327. The maximum atomic E-state index is 12.0. The molecule has 2 unspecified atom stereocenters. The Labute approximate surface area is 126 Å². The Bertz CT molecular complexity index is 256. The van der Waals surface area contributed by atoms with Crippen LogP contribution in [0.15, 0.2) is 0 Å². The largest absolute Gasteiger partial charge is 0.328 e. The third-order valence-electron chi connectivity index (χ3n) is 3.82. The van der Waals surface area contributed by atoms with E-state index in [0.29, 0.717) is 18.7 Å². The van der Waals surface area contributed by atoms with Gasteiger partial charge in [0.25, 0.3) is 0 Å². The zero-order chi connectivity index (χ0) is 15.3. The van der Waals surface area contributed by atoms with Crippen LogP contribution in [0.1, 0.15) is 85.0 Å². The van der Waals surface area contributed by atoms with Crippen molar-refractivity contribution in [1.82, 2.24) is 0 Å². The summed E-state index contributed by atoms with van der Waals surface area (Å²) < 4.78 is 17.3. The predicted molar refractivity (Wildman–Crippen MR) is 87.3 cm³/mol. The first-order chi connectivity index (χ1) is 9.55. The molecule has 1 N–H and O–H groups in total. The average molecular weight is 306 g/mol. The zero-order valence-electron chi connectivity index (χ0n) is 13.8. The van der Waals surface area contributed by atoms with E-state index in [0.717, 1.165) is 38.5 Å². The van der Waals surface area contributed by atoms with E-state index in [1.807, 2.05) is 0 Å². The summed E-state index contributed by atoms with van der Waals surface area (Å²) in [7, 11) is -3.37. The van der Waals surface area contributed by atoms with Gasteiger partial charge in [-0.1, -0.05) is 72.1 Å². The summed E-state index contributed by atoms with van der Waals surface area (Å²) in [6, 6.07) is 0. The van der Waals surface area contributed by atoms with Gasteiger partial charge in [-0.3, -0.25) is 4.57 Å². The van der Waals surface area contributed by atoms with Crippen LogP contribution in [-0.2, 0) is 9.09 Å². The van der Waals surface area contributed by atoms with E-state index in [9.17, 15) is 9.46 Å². The summed E-state index contributed by atoms with van der Waals surface area (Å²) >= 11 is 0. The van der Waals surface area contributed by atoms with Crippen LogP contribution in [0.4, 0.5) is 0 Å². The molecule has 20 heavy (non-hydrogen) atoms. The minimum atomic E-state index is -3.37. The summed E-state index contributed by atoms with van der Waals surface area (Å²) in [4.78, 5) is 9.89. The molecule has 2 atom stereocenters. The molecule has 0 aliphatic carbocycles. The summed E-state index contributed by atoms with van der Waals surface area (Å²) in [6.45, 7) is 6.88. The van der Waals surface area contributed by atoms with Gasteiger partial charge in [0.2, 0.25) is 0 Å². The number of hydrogen-bond donors (Lipinski definition) is 1. The van der Waals surface area contributed by atoms with E-state index in [-0.39, 0.29) is 0 Å². The van der Waals surface area contributed by atoms with E-state index < -0.39 is 7.60 Å². The lowest BCUT2D eigenvalue weighted by atomic mass is 10.0. The monoisotopic (exact) mass is 306 g/mol. The highest BCUT2D eigenvalue weighted by Crippen LogP contribution is 2.45. The van der Waals surface area contributed by atoms with Crippen LogP contribution in [-0.4, -0.2) is 17.7 Å². The summed E-state index contributed by atoms with van der Waals surface area (Å²) in [5.41, 5.74) is 0. The minimum Gasteiger partial charge on any atom is -0.324 e. The topological polar surface area (TPSA) is 46.5 Å². The van der Waals surface area contributed by atoms with E-state index in [4.69, 9.17) is 4.52 Å². The van der Waals surface area contributed by atoms with Gasteiger partial charge >= 0.3 is 7.60 Å². The van der Waals surface area contributed by atoms with Gasteiger partial charge in [-0.15, -0.1) is 0 Å². The molecular formula is C16H35O3P. The van der Waals surface area contributed by atoms with E-state index in [1.165, 1.54) is 25.7 Å². The molecule has 0 saturated carbocycles. The molecule has 4 heteroatoms. The lowest BCUT2D eigenvalue weighted by Crippen LogP contribution is -2.08. The van der Waals surface area contributed by atoms with Crippen molar-refractivity contribution in [3.05, 3.63) is 0 Å². The van der Waals surface area contributed by atoms with Gasteiger partial charge in [0, 0.05) is 0 Å². The fourth-order valence-corrected chi connectivity index (χ4v) is 4.00. The average Bonchev–Trinajstić information content (AvgIpc) is 2.42. The summed E-state index contributed by atoms with van der Waals surface area (Å²) in [6.07, 6.45) is 11.6. The molecule has 0 aromatic rings. The smallest absolute Gasteiger partial charge is 0.324 e. The van der Waals surface area contributed by atoms with E-state index >= 15 is 0 Å². The molecule has 0 rings (SSSR count). The molecule has 0 aliphatic rings. The van der Waals surface area contributed by atoms with Crippen molar-refractivity contribution >= 4 is 7.60 Å². The fraction of sp³-hybridized carbons (Fsp3) is 1.00. The number of rotatable bonds is 14. The first-order valence-electron chi connectivity index (χ1n) is 8.52. The third kappa shape index (κ3) is 11.9. The Hall–Kier alpha value is 0.150. The second-order valence-electron chi connectivity index (χ2n) is 5.84. The second kappa shape index (κ2) is 12.9. The molecule has 3 nitrogen and oxygen atoms in total. The molecular weight excluding hydrogens is 271 g/mol. The lowest BCUT2D eigenvalue weighted by molar-refractivity contribution is 0.246. The predicted octanol–water partition coefficient (Wildman–Crippen LogP) is 5.77. The third-order valence-corrected chi connectivity index (χ3v) is 5.39. The summed E-state index contributed by atoms with van der Waals surface area (Å²) in [5, 5.41) is 0. The van der Waals surface area contributed by atoms with Crippen molar-refractivity contribution < 1.29 is 14.0 Å². The van der Waals surface area contributed by atoms with Crippen LogP contribution >= 0.6 is 7.60 Å². The van der Waals surface area contributed by atoms with Crippen molar-refractivity contribution in [3.8, 4) is 0 Å². The Morgan fingerprint density at radius 3 is 2.15 bits per heavy atom. The van der Waals surface area contributed by atoms with Crippen molar-refractivity contribution in [2.45, 2.75) is 85.0 Å². The highest BCUT2D eigenvalue weighted by atomic mass is 31.2. The maximum absolute atomic E-state index is 12.0. The van der Waals surface area contributed by atoms with Gasteiger partial charge in [0.1, 0.15) is 0 Å². The highest BCUT2D eigenvalue weighted by molar-refractivity contribution is 7.52. The van der Waals surface area contributed by atoms with Gasteiger partial charge in [-0.25, -0.2) is 0 Å². The zero-order valence-corrected chi connectivity index (χ0v) is 14.7. The Morgan fingerprint density at radius 2 is 1.55 bits per heavy atom. The van der Waals surface area contributed by atoms with Crippen molar-refractivity contribution in [2.24, 2.45) is 5.92 Å². The maximum Gasteiger partial charge on any atom is 0.328 e. The first-order valence-corrected chi connectivity index (χ1v) is 10.3. The molecule has 122 valence electrons. The highest BCUT2D eigenvalue weighted by Gasteiger charge is 2.23. The van der Waals surface area contributed by atoms with Gasteiger partial charge in [-0.05, 0) is 18.8 Å². The first kappa shape index (κ1) is 20.1. The van der Waals surface area contributed by atoms with Gasteiger partial charge in [-0.2, -0.15) is 0 Å².